The van der Waals surface area contributed by atoms with Crippen LogP contribution in [0.1, 0.15) is 26.0 Å². The molecule has 73 heavy (non-hydrogen) atoms. The third-order valence-corrected chi connectivity index (χ3v) is 12.6. The van der Waals surface area contributed by atoms with E-state index in [0.29, 0.717) is 107 Å². The first-order chi connectivity index (χ1) is 35.6. The minimum Gasteiger partial charge on any atom is -0.335 e. The molecule has 356 valence electrons. The third kappa shape index (κ3) is 8.41. The second kappa shape index (κ2) is 18.1. The van der Waals surface area contributed by atoms with Crippen LogP contribution >= 0.6 is 0 Å². The molecular weight excluding hydrogens is 931 g/mol. The normalized spacial score (nSPS) is 12.0. The van der Waals surface area contributed by atoms with E-state index in [1.165, 1.54) is 24.3 Å². The first-order valence-corrected chi connectivity index (χ1v) is 23.1. The quantitative estimate of drug-likeness (QED) is 0.0669. The molecule has 2 aromatic carbocycles. The smallest absolute Gasteiger partial charge is 0.227 e. The summed E-state index contributed by atoms with van der Waals surface area (Å²) in [7, 11) is 0. The van der Waals surface area contributed by atoms with Crippen LogP contribution in [0.15, 0.2) is 128 Å². The molecule has 0 aliphatic carbocycles. The molecule has 1 atom stereocenters. The van der Waals surface area contributed by atoms with Gasteiger partial charge in [-0.15, -0.1) is 0 Å². The minimum atomic E-state index is -0.577. The molecule has 6 N–H and O–H groups in total. The lowest BCUT2D eigenvalue weighted by molar-refractivity contribution is -0.119. The number of aromatic nitrogens is 14. The molecule has 10 aromatic heterocycles. The molecule has 0 saturated heterocycles. The molecule has 10 heterocycles. The van der Waals surface area contributed by atoms with Crippen LogP contribution in [0.3, 0.4) is 0 Å². The summed E-state index contributed by atoms with van der Waals surface area (Å²) in [5.74, 6) is -0.277. The molecule has 0 aliphatic rings. The van der Waals surface area contributed by atoms with Crippen LogP contribution in [0.2, 0.25) is 0 Å². The molecule has 0 bridgehead atoms. The van der Waals surface area contributed by atoms with Gasteiger partial charge in [-0.3, -0.25) is 34.7 Å². The van der Waals surface area contributed by atoms with E-state index in [2.05, 4.69) is 65.9 Å². The molecule has 0 fully saturated rings. The first kappa shape index (κ1) is 44.2. The van der Waals surface area contributed by atoms with Crippen molar-refractivity contribution in [2.75, 3.05) is 10.6 Å². The lowest BCUT2D eigenvalue weighted by Gasteiger charge is -2.13. The number of carbonyl (C=O) groups is 2. The van der Waals surface area contributed by atoms with Gasteiger partial charge in [-0.05, 0) is 65.7 Å². The Morgan fingerprint density at radius 2 is 1.18 bits per heavy atom. The van der Waals surface area contributed by atoms with Crippen LogP contribution in [0.4, 0.5) is 20.3 Å². The second-order valence-electron chi connectivity index (χ2n) is 17.4. The fourth-order valence-corrected chi connectivity index (χ4v) is 8.71. The lowest BCUT2D eigenvalue weighted by Crippen LogP contribution is -2.22. The molecule has 0 spiro atoms. The maximum atomic E-state index is 14.1. The van der Waals surface area contributed by atoms with Crippen molar-refractivity contribution in [2.45, 2.75) is 26.7 Å². The van der Waals surface area contributed by atoms with Crippen molar-refractivity contribution in [3.05, 3.63) is 146 Å². The summed E-state index contributed by atoms with van der Waals surface area (Å²) in [6, 6.07) is 21.5. The van der Waals surface area contributed by atoms with Crippen LogP contribution in [0, 0.1) is 17.6 Å². The summed E-state index contributed by atoms with van der Waals surface area (Å²) in [4.78, 5) is 69.9. The fraction of sp³-hybridized carbons (Fsp3) is 0.0943. The standard InChI is InChI=1S/C53H38F2N16O2/c1-3-43(72)64-42-13-8-29(19-59-42)31-16-36-47(69-71-49(36)60-20-31)52-66-45-39(28-6-11-34(55)12-7-28)24-58-40(48(45)67-52)14-26(2)53(73)62-35-15-30(18-56-22-35)32-17-37-46(68-70-50(37)61-21-32)51-63-41-25-57-23-38(44(41)65-51)27-4-9-33(54)10-5-27/h4-13,15-26H,3,14H2,1-2H3,(H,62,73)(H,63,65)(H,66,67)(H,59,64,72)(H,60,69,71)(H,61,68,70). The maximum Gasteiger partial charge on any atom is 0.227 e. The highest BCUT2D eigenvalue weighted by molar-refractivity contribution is 6.00. The van der Waals surface area contributed by atoms with Crippen molar-refractivity contribution >= 4 is 67.5 Å². The summed E-state index contributed by atoms with van der Waals surface area (Å²) >= 11 is 0. The number of pyridine rings is 6. The van der Waals surface area contributed by atoms with Gasteiger partial charge < -0.3 is 20.6 Å². The monoisotopic (exact) mass is 968 g/mol. The Balaban J connectivity index is 0.814. The molecule has 2 amide bonds. The Kier molecular flexibility index (Phi) is 11.0. The van der Waals surface area contributed by atoms with Gasteiger partial charge in [0.2, 0.25) is 11.8 Å². The summed E-state index contributed by atoms with van der Waals surface area (Å²) in [6.45, 7) is 3.59. The van der Waals surface area contributed by atoms with Gasteiger partial charge in [0.1, 0.15) is 34.4 Å². The highest BCUT2D eigenvalue weighted by Gasteiger charge is 2.23. The number of fused-ring (bicyclic) bond motifs is 4. The molecule has 12 rings (SSSR count). The zero-order valence-corrected chi connectivity index (χ0v) is 38.7. The van der Waals surface area contributed by atoms with Gasteiger partial charge in [-0.25, -0.2) is 33.7 Å². The zero-order valence-electron chi connectivity index (χ0n) is 38.7. The molecule has 20 heteroatoms. The third-order valence-electron chi connectivity index (χ3n) is 12.6. The van der Waals surface area contributed by atoms with Gasteiger partial charge in [0.05, 0.1) is 51.1 Å². The summed E-state index contributed by atoms with van der Waals surface area (Å²) in [6.07, 6.45) is 13.9. The number of rotatable bonds is 12. The molecule has 18 nitrogen and oxygen atoms in total. The molecule has 1 unspecified atom stereocenters. The van der Waals surface area contributed by atoms with Gasteiger partial charge in [0, 0.05) is 89.3 Å². The average Bonchev–Trinajstić information content (AvgIpc) is 4.24. The van der Waals surface area contributed by atoms with Crippen molar-refractivity contribution in [3.63, 3.8) is 0 Å². The van der Waals surface area contributed by atoms with Crippen LogP contribution in [0.5, 0.6) is 0 Å². The van der Waals surface area contributed by atoms with Crippen LogP contribution < -0.4 is 10.6 Å². The molecular formula is C53H38F2N16O2. The Labute approximate surface area is 411 Å². The summed E-state index contributed by atoms with van der Waals surface area (Å²) < 4.78 is 27.8. The summed E-state index contributed by atoms with van der Waals surface area (Å²) in [5, 5.41) is 22.2. The van der Waals surface area contributed by atoms with Crippen molar-refractivity contribution in [2.24, 2.45) is 5.92 Å². The van der Waals surface area contributed by atoms with Gasteiger partial charge in [0.25, 0.3) is 0 Å². The Bertz CT molecular complexity index is 4090. The van der Waals surface area contributed by atoms with E-state index in [1.807, 2.05) is 31.2 Å². The van der Waals surface area contributed by atoms with E-state index in [1.54, 1.807) is 86.8 Å². The van der Waals surface area contributed by atoms with Crippen molar-refractivity contribution in [1.29, 1.82) is 0 Å². The highest BCUT2D eigenvalue weighted by Crippen LogP contribution is 2.36. The van der Waals surface area contributed by atoms with Crippen molar-refractivity contribution in [1.82, 2.24) is 70.2 Å². The van der Waals surface area contributed by atoms with Crippen LogP contribution in [0.25, 0.3) is 112 Å². The largest absolute Gasteiger partial charge is 0.335 e. The van der Waals surface area contributed by atoms with Gasteiger partial charge >= 0.3 is 0 Å². The van der Waals surface area contributed by atoms with E-state index in [4.69, 9.17) is 15.0 Å². The molecule has 0 saturated carbocycles. The topological polar surface area (TPSA) is 250 Å². The van der Waals surface area contributed by atoms with E-state index < -0.39 is 5.92 Å². The van der Waals surface area contributed by atoms with E-state index in [9.17, 15) is 18.4 Å². The Hall–Kier alpha value is -9.98. The Morgan fingerprint density at radius 1 is 0.589 bits per heavy atom. The zero-order chi connectivity index (χ0) is 49.7. The highest BCUT2D eigenvalue weighted by atomic mass is 19.1. The van der Waals surface area contributed by atoms with Gasteiger partial charge in [-0.2, -0.15) is 10.2 Å². The van der Waals surface area contributed by atoms with Crippen molar-refractivity contribution in [3.8, 4) is 67.5 Å². The number of hydrogen-bond acceptors (Lipinski definition) is 12. The van der Waals surface area contributed by atoms with Crippen LogP contribution in [-0.2, 0) is 16.0 Å². The SMILES string of the molecule is CCC(=O)Nc1ccc(-c2cnc3n[nH]c(-c4nc5c(-c6ccc(F)cc6)cnc(CC(C)C(=O)Nc6cncc(-c7cnc8n[nH]c(-c9nc%10c(-c%11ccc(F)cc%11)cncc%10[nH]9)c8c7)c6)c5[nH]4)c3c2)cn1. The van der Waals surface area contributed by atoms with Crippen molar-refractivity contribution < 1.29 is 18.4 Å². The van der Waals surface area contributed by atoms with Gasteiger partial charge in [0.15, 0.2) is 22.9 Å². The number of benzene rings is 2. The predicted octanol–water partition coefficient (Wildman–Crippen LogP) is 10.0. The number of amides is 2. The molecule has 0 aliphatic heterocycles. The molecule has 12 aromatic rings. The maximum absolute atomic E-state index is 14.1. The second-order valence-corrected chi connectivity index (χ2v) is 17.4. The fourth-order valence-electron chi connectivity index (χ4n) is 8.71. The first-order valence-electron chi connectivity index (χ1n) is 23.1. The number of imidazole rings is 2. The number of carbonyl (C=O) groups excluding carboxylic acids is 2. The number of nitrogens with zero attached hydrogens (tertiary/aromatic N) is 10. The Morgan fingerprint density at radius 3 is 1.84 bits per heavy atom. The summed E-state index contributed by atoms with van der Waals surface area (Å²) in [5.41, 5.74) is 11.5. The van der Waals surface area contributed by atoms with E-state index in [0.717, 1.165) is 27.8 Å². The lowest BCUT2D eigenvalue weighted by atomic mass is 10.0. The van der Waals surface area contributed by atoms with Gasteiger partial charge in [-0.1, -0.05) is 38.1 Å². The average molecular weight is 969 g/mol. The van der Waals surface area contributed by atoms with Crippen LogP contribution in [-0.4, -0.2) is 82.0 Å². The number of anilines is 2. The van der Waals surface area contributed by atoms with E-state index >= 15 is 0 Å². The number of nitrogens with one attached hydrogen (secondary N) is 6. The predicted molar refractivity (Wildman–Crippen MR) is 271 cm³/mol. The number of aromatic amines is 4. The molecule has 0 radical (unpaired) electrons. The number of hydrogen-bond donors (Lipinski definition) is 6. The minimum absolute atomic E-state index is 0.133. The van der Waals surface area contributed by atoms with E-state index in [-0.39, 0.29) is 29.9 Å². The number of H-pyrrole nitrogens is 4. The number of halogens is 2.